The summed E-state index contributed by atoms with van der Waals surface area (Å²) in [6.07, 6.45) is -1.15. The van der Waals surface area contributed by atoms with Gasteiger partial charge in [0.25, 0.3) is 11.6 Å². The molecule has 1 heterocycles. The lowest BCUT2D eigenvalue weighted by Crippen LogP contribution is -2.45. The number of benzene rings is 3. The Hall–Kier alpha value is -3.60. The first-order chi connectivity index (χ1) is 18.2. The zero-order chi connectivity index (χ0) is 27.4. The number of carbonyl (C=O) groups excluding carboxylic acids is 2. The molecule has 1 amide bonds. The summed E-state index contributed by atoms with van der Waals surface area (Å²) in [6.45, 7) is 2.57. The van der Waals surface area contributed by atoms with Gasteiger partial charge >= 0.3 is 5.97 Å². The summed E-state index contributed by atoms with van der Waals surface area (Å²) in [5.41, 5.74) is 1.93. The molecular weight excluding hydrogens is 542 g/mol. The quantitative estimate of drug-likeness (QED) is 0.204. The summed E-state index contributed by atoms with van der Waals surface area (Å²) in [5.74, 6) is -0.391. The average molecular weight is 572 g/mol. The molecule has 0 unspecified atom stereocenters. The van der Waals surface area contributed by atoms with Crippen molar-refractivity contribution in [2.75, 3.05) is 39.2 Å². The van der Waals surface area contributed by atoms with Crippen LogP contribution in [0.1, 0.15) is 26.7 Å². The number of methoxy groups -OCH3 is 1. The van der Waals surface area contributed by atoms with Gasteiger partial charge in [-0.25, -0.2) is 4.79 Å². The van der Waals surface area contributed by atoms with Crippen molar-refractivity contribution in [3.8, 4) is 5.75 Å². The molecule has 4 rings (SSSR count). The van der Waals surface area contributed by atoms with E-state index in [1.165, 1.54) is 30.0 Å². The van der Waals surface area contributed by atoms with Gasteiger partial charge in [0.15, 0.2) is 6.10 Å². The summed E-state index contributed by atoms with van der Waals surface area (Å²) in [5, 5.41) is 10.7. The standard InChI is InChI=1S/C28H29N3O6S.ClH/c1-18-17-20(11-14-22(18)31(34)35)28(33)37-25-26(19-9-12-21(36-4)13-10-19)38-24-8-6-5-7-23(24)30(27(25)32)16-15-29(2)3;/h5-14,17,25-26H,15-16H2,1-4H3;1H/t25-,26+;/m1./s1. The monoisotopic (exact) mass is 571 g/mol. The van der Waals surface area contributed by atoms with Crippen LogP contribution in [0.2, 0.25) is 0 Å². The maximum absolute atomic E-state index is 14.1. The van der Waals surface area contributed by atoms with Gasteiger partial charge in [-0.2, -0.15) is 0 Å². The molecule has 0 radical (unpaired) electrons. The van der Waals surface area contributed by atoms with Gasteiger partial charge in [0.05, 0.1) is 28.5 Å². The van der Waals surface area contributed by atoms with Gasteiger partial charge in [-0.3, -0.25) is 14.9 Å². The number of rotatable bonds is 8. The number of ether oxygens (including phenoxy) is 2. The highest BCUT2D eigenvalue weighted by Gasteiger charge is 2.41. The minimum absolute atomic E-state index is 0. The summed E-state index contributed by atoms with van der Waals surface area (Å²) >= 11 is 1.46. The van der Waals surface area contributed by atoms with Crippen molar-refractivity contribution in [1.29, 1.82) is 0 Å². The van der Waals surface area contributed by atoms with E-state index >= 15 is 0 Å². The third kappa shape index (κ3) is 6.70. The highest BCUT2D eigenvalue weighted by Crippen LogP contribution is 2.47. The molecule has 1 aliphatic rings. The van der Waals surface area contributed by atoms with E-state index in [1.807, 2.05) is 55.4 Å². The molecule has 39 heavy (non-hydrogen) atoms. The second-order valence-electron chi connectivity index (χ2n) is 9.16. The maximum Gasteiger partial charge on any atom is 0.338 e. The number of esters is 1. The Morgan fingerprint density at radius 1 is 1.10 bits per heavy atom. The lowest BCUT2D eigenvalue weighted by Gasteiger charge is -2.28. The van der Waals surface area contributed by atoms with Gasteiger partial charge in [-0.15, -0.1) is 24.2 Å². The Kier molecular flexibility index (Phi) is 9.96. The van der Waals surface area contributed by atoms with Crippen LogP contribution in [-0.2, 0) is 9.53 Å². The van der Waals surface area contributed by atoms with Crippen molar-refractivity contribution < 1.29 is 24.0 Å². The third-order valence-corrected chi connectivity index (χ3v) is 7.65. The number of halogens is 1. The molecule has 0 aliphatic carbocycles. The highest BCUT2D eigenvalue weighted by atomic mass is 35.5. The Balaban J connectivity index is 0.00000420. The smallest absolute Gasteiger partial charge is 0.338 e. The molecule has 0 saturated carbocycles. The number of thioether (sulfide) groups is 1. The summed E-state index contributed by atoms with van der Waals surface area (Å²) < 4.78 is 11.2. The van der Waals surface area contributed by atoms with E-state index in [-0.39, 0.29) is 29.6 Å². The molecule has 0 aromatic heterocycles. The molecule has 0 fully saturated rings. The average Bonchev–Trinajstić information content (AvgIpc) is 3.01. The third-order valence-electron chi connectivity index (χ3n) is 6.27. The van der Waals surface area contributed by atoms with Crippen LogP contribution in [0.15, 0.2) is 71.6 Å². The van der Waals surface area contributed by atoms with E-state index in [0.717, 1.165) is 16.1 Å². The van der Waals surface area contributed by atoms with Gasteiger partial charge in [-0.05, 0) is 63.0 Å². The predicted octanol–water partition coefficient (Wildman–Crippen LogP) is 5.30. The van der Waals surface area contributed by atoms with E-state index in [0.29, 0.717) is 24.4 Å². The lowest BCUT2D eigenvalue weighted by molar-refractivity contribution is -0.385. The van der Waals surface area contributed by atoms with E-state index in [2.05, 4.69) is 0 Å². The number of hydrogen-bond donors (Lipinski definition) is 0. The largest absolute Gasteiger partial charge is 0.497 e. The van der Waals surface area contributed by atoms with Crippen LogP contribution in [0.3, 0.4) is 0 Å². The van der Waals surface area contributed by atoms with Crippen molar-refractivity contribution in [2.45, 2.75) is 23.2 Å². The summed E-state index contributed by atoms with van der Waals surface area (Å²) in [6, 6.07) is 19.0. The van der Waals surface area contributed by atoms with Gasteiger partial charge in [-0.1, -0.05) is 24.3 Å². The van der Waals surface area contributed by atoms with E-state index < -0.39 is 22.2 Å². The Morgan fingerprint density at radius 3 is 2.41 bits per heavy atom. The lowest BCUT2D eigenvalue weighted by atomic mass is 10.0. The number of nitro benzene ring substituents is 1. The first kappa shape index (κ1) is 29.9. The second-order valence-corrected chi connectivity index (χ2v) is 10.3. The van der Waals surface area contributed by atoms with Crippen LogP contribution >= 0.6 is 24.2 Å². The fourth-order valence-electron chi connectivity index (χ4n) is 4.23. The minimum atomic E-state index is -1.15. The summed E-state index contributed by atoms with van der Waals surface area (Å²) in [7, 11) is 5.43. The summed E-state index contributed by atoms with van der Waals surface area (Å²) in [4.78, 5) is 42.7. The SMILES string of the molecule is COc1ccc([C@@H]2Sc3ccccc3N(CCN(C)C)C(=O)[C@@H]2OC(=O)c2ccc([N+](=O)[O-])c(C)c2)cc1.Cl. The van der Waals surface area contributed by atoms with Crippen LogP contribution in [0.25, 0.3) is 0 Å². The first-order valence-electron chi connectivity index (χ1n) is 12.0. The predicted molar refractivity (Wildman–Crippen MR) is 153 cm³/mol. The number of para-hydroxylation sites is 1. The number of anilines is 1. The molecule has 9 nitrogen and oxygen atoms in total. The van der Waals surface area contributed by atoms with Crippen molar-refractivity contribution in [1.82, 2.24) is 4.90 Å². The zero-order valence-corrected chi connectivity index (χ0v) is 23.7. The van der Waals surface area contributed by atoms with Crippen molar-refractivity contribution in [3.05, 3.63) is 93.5 Å². The van der Waals surface area contributed by atoms with Crippen molar-refractivity contribution in [3.63, 3.8) is 0 Å². The number of carbonyl (C=O) groups is 2. The van der Waals surface area contributed by atoms with E-state index in [1.54, 1.807) is 31.1 Å². The molecule has 0 spiro atoms. The van der Waals surface area contributed by atoms with Gasteiger partial charge < -0.3 is 19.3 Å². The van der Waals surface area contributed by atoms with Crippen LogP contribution in [-0.4, -0.2) is 62.1 Å². The number of nitro groups is 1. The molecule has 2 atom stereocenters. The number of fused-ring (bicyclic) bond motifs is 1. The molecular formula is C28H30ClN3O6S. The molecule has 0 bridgehead atoms. The maximum atomic E-state index is 14.1. The Morgan fingerprint density at radius 2 is 1.79 bits per heavy atom. The number of hydrogen-bond acceptors (Lipinski definition) is 8. The zero-order valence-electron chi connectivity index (χ0n) is 22.0. The highest BCUT2D eigenvalue weighted by molar-refractivity contribution is 7.99. The first-order valence-corrected chi connectivity index (χ1v) is 12.9. The normalized spacial score (nSPS) is 16.6. The fourth-order valence-corrected chi connectivity index (χ4v) is 5.55. The Bertz CT molecular complexity index is 1350. The molecule has 3 aromatic rings. The topological polar surface area (TPSA) is 102 Å². The molecule has 1 aliphatic heterocycles. The van der Waals surface area contributed by atoms with E-state index in [4.69, 9.17) is 9.47 Å². The molecule has 206 valence electrons. The van der Waals surface area contributed by atoms with Crippen LogP contribution in [0, 0.1) is 17.0 Å². The minimum Gasteiger partial charge on any atom is -0.497 e. The molecule has 0 saturated heterocycles. The number of aryl methyl sites for hydroxylation is 1. The number of amides is 1. The van der Waals surface area contributed by atoms with Crippen LogP contribution in [0.5, 0.6) is 5.75 Å². The van der Waals surface area contributed by atoms with Crippen molar-refractivity contribution in [2.24, 2.45) is 0 Å². The number of nitrogens with zero attached hydrogens (tertiary/aromatic N) is 3. The van der Waals surface area contributed by atoms with Gasteiger partial charge in [0, 0.05) is 29.6 Å². The van der Waals surface area contributed by atoms with Crippen molar-refractivity contribution >= 4 is 47.4 Å². The van der Waals surface area contributed by atoms with Crippen LogP contribution in [0.4, 0.5) is 11.4 Å². The Labute approximate surface area is 237 Å². The second kappa shape index (κ2) is 13.0. The molecule has 11 heteroatoms. The van der Waals surface area contributed by atoms with Crippen LogP contribution < -0.4 is 9.64 Å². The fraction of sp³-hybridized carbons (Fsp3) is 0.286. The van der Waals surface area contributed by atoms with Gasteiger partial charge in [0.1, 0.15) is 5.75 Å². The number of likely N-dealkylation sites (N-methyl/N-ethyl adjacent to an activating group) is 1. The van der Waals surface area contributed by atoms with Gasteiger partial charge in [0.2, 0.25) is 0 Å². The molecule has 3 aromatic carbocycles. The van der Waals surface area contributed by atoms with E-state index in [9.17, 15) is 19.7 Å². The molecule has 0 N–H and O–H groups in total.